The SMILES string of the molecule is CN(C)C(=O)OCCC1CCCCN1. The number of amides is 1. The van der Waals surface area contributed by atoms with Gasteiger partial charge in [0.15, 0.2) is 0 Å². The van der Waals surface area contributed by atoms with Crippen LogP contribution in [0.5, 0.6) is 0 Å². The van der Waals surface area contributed by atoms with Crippen LogP contribution < -0.4 is 5.32 Å². The van der Waals surface area contributed by atoms with Crippen molar-refractivity contribution in [1.82, 2.24) is 10.2 Å². The number of nitrogens with zero attached hydrogens (tertiary/aromatic N) is 1. The predicted octanol–water partition coefficient (Wildman–Crippen LogP) is 1.22. The van der Waals surface area contributed by atoms with Crippen LogP contribution in [0.3, 0.4) is 0 Å². The van der Waals surface area contributed by atoms with Crippen LogP contribution in [-0.2, 0) is 4.74 Å². The number of ether oxygens (including phenoxy) is 1. The Balaban J connectivity index is 2.05. The lowest BCUT2D eigenvalue weighted by atomic mass is 10.0. The van der Waals surface area contributed by atoms with Crippen molar-refractivity contribution in [2.45, 2.75) is 31.7 Å². The summed E-state index contributed by atoms with van der Waals surface area (Å²) in [5.74, 6) is 0. The first kappa shape index (κ1) is 11.3. The Morgan fingerprint density at radius 1 is 1.50 bits per heavy atom. The molecule has 82 valence electrons. The Labute approximate surface area is 85.6 Å². The summed E-state index contributed by atoms with van der Waals surface area (Å²) >= 11 is 0. The van der Waals surface area contributed by atoms with Crippen LogP contribution in [0.15, 0.2) is 0 Å². The van der Waals surface area contributed by atoms with Crippen LogP contribution >= 0.6 is 0 Å². The predicted molar refractivity (Wildman–Crippen MR) is 55.3 cm³/mol. The Morgan fingerprint density at radius 2 is 2.29 bits per heavy atom. The summed E-state index contributed by atoms with van der Waals surface area (Å²) in [5, 5.41) is 3.42. The molecule has 1 rings (SSSR count). The molecule has 0 spiro atoms. The monoisotopic (exact) mass is 200 g/mol. The van der Waals surface area contributed by atoms with Gasteiger partial charge in [0.05, 0.1) is 6.61 Å². The molecule has 0 aliphatic carbocycles. The first-order valence-corrected chi connectivity index (χ1v) is 5.27. The van der Waals surface area contributed by atoms with Crippen molar-refractivity contribution in [3.8, 4) is 0 Å². The zero-order valence-corrected chi connectivity index (χ0v) is 9.08. The summed E-state index contributed by atoms with van der Waals surface area (Å²) in [4.78, 5) is 12.5. The minimum atomic E-state index is -0.249. The molecule has 4 heteroatoms. The van der Waals surface area contributed by atoms with Gasteiger partial charge in [0.2, 0.25) is 0 Å². The van der Waals surface area contributed by atoms with E-state index in [1.165, 1.54) is 24.2 Å². The van der Waals surface area contributed by atoms with Crippen LogP contribution in [0.1, 0.15) is 25.7 Å². The average molecular weight is 200 g/mol. The molecule has 0 radical (unpaired) electrons. The van der Waals surface area contributed by atoms with E-state index in [1.807, 2.05) is 0 Å². The maximum Gasteiger partial charge on any atom is 0.409 e. The summed E-state index contributed by atoms with van der Waals surface area (Å²) in [7, 11) is 3.39. The van der Waals surface area contributed by atoms with Crippen molar-refractivity contribution in [1.29, 1.82) is 0 Å². The second-order valence-corrected chi connectivity index (χ2v) is 3.94. The third kappa shape index (κ3) is 3.96. The van der Waals surface area contributed by atoms with Gasteiger partial charge in [0.25, 0.3) is 0 Å². The minimum Gasteiger partial charge on any atom is -0.449 e. The van der Waals surface area contributed by atoms with E-state index in [9.17, 15) is 4.79 Å². The van der Waals surface area contributed by atoms with Crippen LogP contribution in [0.4, 0.5) is 4.79 Å². The van der Waals surface area contributed by atoms with Crippen molar-refractivity contribution in [3.05, 3.63) is 0 Å². The summed E-state index contributed by atoms with van der Waals surface area (Å²) < 4.78 is 5.05. The van der Waals surface area contributed by atoms with E-state index in [4.69, 9.17) is 4.74 Å². The van der Waals surface area contributed by atoms with Crippen LogP contribution in [0, 0.1) is 0 Å². The van der Waals surface area contributed by atoms with Gasteiger partial charge in [0, 0.05) is 20.1 Å². The molecular formula is C10H20N2O2. The molecule has 1 unspecified atom stereocenters. The van der Waals surface area contributed by atoms with Gasteiger partial charge in [-0.05, 0) is 25.8 Å². The maximum atomic E-state index is 11.1. The summed E-state index contributed by atoms with van der Waals surface area (Å²) in [5.41, 5.74) is 0. The Bertz CT molecular complexity index is 177. The first-order chi connectivity index (χ1) is 6.70. The van der Waals surface area contributed by atoms with E-state index < -0.39 is 0 Å². The largest absolute Gasteiger partial charge is 0.449 e. The van der Waals surface area contributed by atoms with Crippen molar-refractivity contribution < 1.29 is 9.53 Å². The zero-order valence-electron chi connectivity index (χ0n) is 9.08. The number of carbonyl (C=O) groups excluding carboxylic acids is 1. The van der Waals surface area contributed by atoms with Gasteiger partial charge in [-0.15, -0.1) is 0 Å². The molecule has 1 atom stereocenters. The number of carbonyl (C=O) groups is 1. The van der Waals surface area contributed by atoms with Gasteiger partial charge in [-0.3, -0.25) is 0 Å². The van der Waals surface area contributed by atoms with Gasteiger partial charge in [-0.2, -0.15) is 0 Å². The Kier molecular flexibility index (Phi) is 4.73. The lowest BCUT2D eigenvalue weighted by Crippen LogP contribution is -2.35. The molecule has 1 fully saturated rings. The van der Waals surface area contributed by atoms with Gasteiger partial charge >= 0.3 is 6.09 Å². The highest BCUT2D eigenvalue weighted by Crippen LogP contribution is 2.09. The fourth-order valence-corrected chi connectivity index (χ4v) is 1.59. The average Bonchev–Trinajstić information content (AvgIpc) is 2.19. The first-order valence-electron chi connectivity index (χ1n) is 5.27. The van der Waals surface area contributed by atoms with E-state index in [0.717, 1.165) is 13.0 Å². The molecule has 1 aliphatic rings. The molecule has 4 nitrogen and oxygen atoms in total. The fourth-order valence-electron chi connectivity index (χ4n) is 1.59. The topological polar surface area (TPSA) is 41.6 Å². The summed E-state index contributed by atoms with van der Waals surface area (Å²) in [6.45, 7) is 1.63. The quantitative estimate of drug-likeness (QED) is 0.744. The molecule has 1 heterocycles. The second-order valence-electron chi connectivity index (χ2n) is 3.94. The smallest absolute Gasteiger partial charge is 0.409 e. The van der Waals surface area contributed by atoms with E-state index in [2.05, 4.69) is 5.32 Å². The lowest BCUT2D eigenvalue weighted by molar-refractivity contribution is 0.112. The highest BCUT2D eigenvalue weighted by atomic mass is 16.6. The Hall–Kier alpha value is -0.770. The number of nitrogens with one attached hydrogen (secondary N) is 1. The molecule has 0 aromatic rings. The molecule has 1 saturated heterocycles. The van der Waals surface area contributed by atoms with Crippen molar-refractivity contribution >= 4 is 6.09 Å². The Morgan fingerprint density at radius 3 is 2.86 bits per heavy atom. The van der Waals surface area contributed by atoms with Gasteiger partial charge in [-0.1, -0.05) is 6.42 Å². The molecule has 14 heavy (non-hydrogen) atoms. The third-order valence-electron chi connectivity index (χ3n) is 2.47. The third-order valence-corrected chi connectivity index (χ3v) is 2.47. The number of rotatable bonds is 3. The molecule has 0 saturated carbocycles. The van der Waals surface area contributed by atoms with E-state index in [0.29, 0.717) is 12.6 Å². The maximum absolute atomic E-state index is 11.1. The standard InChI is InChI=1S/C10H20N2O2/c1-12(2)10(13)14-8-6-9-5-3-4-7-11-9/h9,11H,3-8H2,1-2H3. The number of hydrogen-bond acceptors (Lipinski definition) is 3. The molecule has 0 aromatic heterocycles. The van der Waals surface area contributed by atoms with Crippen molar-refractivity contribution in [2.24, 2.45) is 0 Å². The highest BCUT2D eigenvalue weighted by molar-refractivity contribution is 5.66. The van der Waals surface area contributed by atoms with Crippen LogP contribution in [0.2, 0.25) is 0 Å². The minimum absolute atomic E-state index is 0.249. The molecule has 1 amide bonds. The molecule has 0 bridgehead atoms. The zero-order chi connectivity index (χ0) is 10.4. The van der Waals surface area contributed by atoms with E-state index in [-0.39, 0.29) is 6.09 Å². The second kappa shape index (κ2) is 5.86. The highest BCUT2D eigenvalue weighted by Gasteiger charge is 2.13. The van der Waals surface area contributed by atoms with E-state index >= 15 is 0 Å². The van der Waals surface area contributed by atoms with Crippen molar-refractivity contribution in [2.75, 3.05) is 27.2 Å². The molecule has 1 N–H and O–H groups in total. The molecule has 0 aromatic carbocycles. The van der Waals surface area contributed by atoms with Gasteiger partial charge < -0.3 is 15.0 Å². The van der Waals surface area contributed by atoms with Gasteiger partial charge in [-0.25, -0.2) is 4.79 Å². The number of hydrogen-bond donors (Lipinski definition) is 1. The van der Waals surface area contributed by atoms with Gasteiger partial charge in [0.1, 0.15) is 0 Å². The van der Waals surface area contributed by atoms with Crippen molar-refractivity contribution in [3.63, 3.8) is 0 Å². The molecular weight excluding hydrogens is 180 g/mol. The number of piperidine rings is 1. The van der Waals surface area contributed by atoms with Crippen LogP contribution in [-0.4, -0.2) is 44.3 Å². The van der Waals surface area contributed by atoms with Crippen LogP contribution in [0.25, 0.3) is 0 Å². The fraction of sp³-hybridized carbons (Fsp3) is 0.900. The molecule has 1 aliphatic heterocycles. The lowest BCUT2D eigenvalue weighted by Gasteiger charge is -2.23. The summed E-state index contributed by atoms with van der Waals surface area (Å²) in [6, 6.07) is 0.540. The van der Waals surface area contributed by atoms with E-state index in [1.54, 1.807) is 14.1 Å². The summed E-state index contributed by atoms with van der Waals surface area (Å²) in [6.07, 6.45) is 4.45. The normalized spacial score (nSPS) is 21.7.